The molecule has 0 saturated carbocycles. The maximum Gasteiger partial charge on any atom is 0.339 e. The number of nitro benzene ring substituents is 1. The van der Waals surface area contributed by atoms with Crippen molar-refractivity contribution in [1.29, 1.82) is 0 Å². The van der Waals surface area contributed by atoms with Crippen molar-refractivity contribution in [3.8, 4) is 11.5 Å². The average Bonchev–Trinajstić information content (AvgIpc) is 2.86. The molecule has 21 heavy (non-hydrogen) atoms. The van der Waals surface area contributed by atoms with E-state index in [-0.39, 0.29) is 17.0 Å². The molecular formula is C13H13N3O5. The van der Waals surface area contributed by atoms with Crippen molar-refractivity contribution in [2.75, 3.05) is 0 Å². The molecule has 0 spiro atoms. The zero-order valence-electron chi connectivity index (χ0n) is 11.2. The van der Waals surface area contributed by atoms with E-state index in [1.807, 2.05) is 6.92 Å². The molecule has 0 radical (unpaired) electrons. The first-order valence-electron chi connectivity index (χ1n) is 6.23. The number of aryl methyl sites for hydroxylation is 1. The highest BCUT2D eigenvalue weighted by Gasteiger charge is 2.18. The van der Waals surface area contributed by atoms with Crippen LogP contribution in [-0.4, -0.2) is 25.8 Å². The molecule has 0 aliphatic heterocycles. The van der Waals surface area contributed by atoms with Gasteiger partial charge in [-0.2, -0.15) is 5.10 Å². The zero-order chi connectivity index (χ0) is 15.4. The van der Waals surface area contributed by atoms with Gasteiger partial charge in [-0.3, -0.25) is 14.8 Å². The highest BCUT2D eigenvalue weighted by atomic mass is 16.6. The van der Waals surface area contributed by atoms with Crippen LogP contribution in [0.5, 0.6) is 11.5 Å². The van der Waals surface area contributed by atoms with Crippen LogP contribution in [0.15, 0.2) is 30.6 Å². The molecule has 1 heterocycles. The zero-order valence-corrected chi connectivity index (χ0v) is 11.2. The number of benzene rings is 1. The summed E-state index contributed by atoms with van der Waals surface area (Å²) in [6.45, 7) is 2.72. The van der Waals surface area contributed by atoms with E-state index in [0.29, 0.717) is 5.75 Å². The van der Waals surface area contributed by atoms with Gasteiger partial charge in [-0.15, -0.1) is 0 Å². The van der Waals surface area contributed by atoms with Crippen molar-refractivity contribution in [2.24, 2.45) is 0 Å². The number of hydrogen-bond donors (Lipinski definition) is 1. The van der Waals surface area contributed by atoms with Gasteiger partial charge in [0, 0.05) is 18.7 Å². The third-order valence-corrected chi connectivity index (χ3v) is 2.69. The Morgan fingerprint density at radius 2 is 2.29 bits per heavy atom. The van der Waals surface area contributed by atoms with E-state index in [4.69, 9.17) is 9.84 Å². The van der Waals surface area contributed by atoms with E-state index in [1.54, 1.807) is 10.9 Å². The van der Waals surface area contributed by atoms with E-state index >= 15 is 0 Å². The summed E-state index contributed by atoms with van der Waals surface area (Å²) in [6.07, 6.45) is 4.00. The Morgan fingerprint density at radius 3 is 2.90 bits per heavy atom. The molecular weight excluding hydrogens is 278 g/mol. The minimum atomic E-state index is -1.30. The van der Waals surface area contributed by atoms with Crippen LogP contribution in [0.4, 0.5) is 5.69 Å². The Morgan fingerprint density at radius 1 is 1.52 bits per heavy atom. The predicted molar refractivity (Wildman–Crippen MR) is 72.6 cm³/mol. The number of non-ortho nitro benzene ring substituents is 1. The molecule has 1 aromatic carbocycles. The van der Waals surface area contributed by atoms with Crippen molar-refractivity contribution in [3.63, 3.8) is 0 Å². The van der Waals surface area contributed by atoms with Gasteiger partial charge >= 0.3 is 5.97 Å². The summed E-state index contributed by atoms with van der Waals surface area (Å²) in [6, 6.07) is 3.42. The number of carboxylic acids is 1. The number of nitro groups is 1. The van der Waals surface area contributed by atoms with Crippen LogP contribution in [0.1, 0.15) is 23.7 Å². The van der Waals surface area contributed by atoms with Crippen LogP contribution in [-0.2, 0) is 6.54 Å². The van der Waals surface area contributed by atoms with Gasteiger partial charge in [0.15, 0.2) is 5.75 Å². The predicted octanol–water partition coefficient (Wildman–Crippen LogP) is 2.69. The maximum absolute atomic E-state index is 11.2. The van der Waals surface area contributed by atoms with Crippen molar-refractivity contribution in [1.82, 2.24) is 9.78 Å². The minimum Gasteiger partial charge on any atom is -0.478 e. The van der Waals surface area contributed by atoms with E-state index < -0.39 is 10.9 Å². The SMILES string of the molecule is CCCn1cc(Oc2ccc([N+](=O)[O-])cc2C(=O)O)cn1. The Balaban J connectivity index is 2.29. The van der Waals surface area contributed by atoms with E-state index in [9.17, 15) is 14.9 Å². The first-order chi connectivity index (χ1) is 10.0. The molecule has 2 aromatic rings. The standard InChI is InChI=1S/C13H13N3O5/c1-2-5-15-8-10(7-14-15)21-12-4-3-9(16(19)20)6-11(12)13(17)18/h3-4,6-8H,2,5H2,1H3,(H,17,18). The molecule has 0 saturated heterocycles. The second-order valence-electron chi connectivity index (χ2n) is 4.28. The maximum atomic E-state index is 11.2. The van der Waals surface area contributed by atoms with Crippen LogP contribution >= 0.6 is 0 Å². The molecule has 0 unspecified atom stereocenters. The summed E-state index contributed by atoms with van der Waals surface area (Å²) in [7, 11) is 0. The molecule has 8 heteroatoms. The van der Waals surface area contributed by atoms with Gasteiger partial charge < -0.3 is 9.84 Å². The number of aromatic carboxylic acids is 1. The van der Waals surface area contributed by atoms with Crippen LogP contribution in [0.3, 0.4) is 0 Å². The van der Waals surface area contributed by atoms with Gasteiger partial charge in [-0.25, -0.2) is 4.79 Å². The Kier molecular flexibility index (Phi) is 4.17. The molecule has 1 N–H and O–H groups in total. The smallest absolute Gasteiger partial charge is 0.339 e. The molecule has 8 nitrogen and oxygen atoms in total. The lowest BCUT2D eigenvalue weighted by Crippen LogP contribution is -2.01. The van der Waals surface area contributed by atoms with Crippen molar-refractivity contribution in [3.05, 3.63) is 46.3 Å². The first-order valence-corrected chi connectivity index (χ1v) is 6.23. The van der Waals surface area contributed by atoms with E-state index in [0.717, 1.165) is 19.0 Å². The monoisotopic (exact) mass is 291 g/mol. The Hall–Kier alpha value is -2.90. The Labute approximate surface area is 119 Å². The third kappa shape index (κ3) is 3.35. The second kappa shape index (κ2) is 6.04. The lowest BCUT2D eigenvalue weighted by molar-refractivity contribution is -0.384. The van der Waals surface area contributed by atoms with Gasteiger partial charge in [0.05, 0.1) is 17.3 Å². The first kappa shape index (κ1) is 14.5. The largest absolute Gasteiger partial charge is 0.478 e. The second-order valence-corrected chi connectivity index (χ2v) is 4.28. The van der Waals surface area contributed by atoms with Crippen LogP contribution < -0.4 is 4.74 Å². The molecule has 2 rings (SSSR count). The van der Waals surface area contributed by atoms with Crippen molar-refractivity contribution in [2.45, 2.75) is 19.9 Å². The topological polar surface area (TPSA) is 107 Å². The Bertz CT molecular complexity index is 680. The third-order valence-electron chi connectivity index (χ3n) is 2.69. The minimum absolute atomic E-state index is 0.0316. The van der Waals surface area contributed by atoms with Crippen molar-refractivity contribution < 1.29 is 19.6 Å². The fraction of sp³-hybridized carbons (Fsp3) is 0.231. The molecule has 0 aliphatic carbocycles. The molecule has 110 valence electrons. The van der Waals surface area contributed by atoms with Gasteiger partial charge in [-0.1, -0.05) is 6.92 Å². The van der Waals surface area contributed by atoms with Gasteiger partial charge in [0.25, 0.3) is 5.69 Å². The summed E-state index contributed by atoms with van der Waals surface area (Å²) in [5.74, 6) is -0.890. The number of rotatable bonds is 6. The molecule has 0 atom stereocenters. The molecule has 0 aliphatic rings. The van der Waals surface area contributed by atoms with Gasteiger partial charge in [0.2, 0.25) is 0 Å². The number of carbonyl (C=O) groups is 1. The van der Waals surface area contributed by atoms with Gasteiger partial charge in [0.1, 0.15) is 11.3 Å². The highest BCUT2D eigenvalue weighted by molar-refractivity contribution is 5.91. The summed E-state index contributed by atoms with van der Waals surface area (Å²) in [4.78, 5) is 21.2. The van der Waals surface area contributed by atoms with Crippen LogP contribution in [0, 0.1) is 10.1 Å². The molecule has 1 aromatic heterocycles. The summed E-state index contributed by atoms with van der Waals surface area (Å²) in [5, 5.41) is 23.9. The summed E-state index contributed by atoms with van der Waals surface area (Å²) >= 11 is 0. The normalized spacial score (nSPS) is 10.3. The number of nitrogens with zero attached hydrogens (tertiary/aromatic N) is 3. The van der Waals surface area contributed by atoms with Crippen LogP contribution in [0.25, 0.3) is 0 Å². The number of carboxylic acid groups (broad SMARTS) is 1. The number of ether oxygens (including phenoxy) is 1. The molecule has 0 fully saturated rings. The highest BCUT2D eigenvalue weighted by Crippen LogP contribution is 2.28. The van der Waals surface area contributed by atoms with Crippen LogP contribution in [0.2, 0.25) is 0 Å². The quantitative estimate of drug-likeness (QED) is 0.647. The lowest BCUT2D eigenvalue weighted by atomic mass is 10.2. The lowest BCUT2D eigenvalue weighted by Gasteiger charge is -2.06. The van der Waals surface area contributed by atoms with E-state index in [1.165, 1.54) is 18.3 Å². The summed E-state index contributed by atoms with van der Waals surface area (Å²) < 4.78 is 7.11. The van der Waals surface area contributed by atoms with Gasteiger partial charge in [-0.05, 0) is 12.5 Å². The van der Waals surface area contributed by atoms with Crippen molar-refractivity contribution >= 4 is 11.7 Å². The number of aromatic nitrogens is 2. The summed E-state index contributed by atoms with van der Waals surface area (Å²) in [5.41, 5.74) is -0.575. The molecule has 0 bridgehead atoms. The average molecular weight is 291 g/mol. The molecule has 0 amide bonds. The number of hydrogen-bond acceptors (Lipinski definition) is 5. The van der Waals surface area contributed by atoms with E-state index in [2.05, 4.69) is 5.10 Å². The fourth-order valence-corrected chi connectivity index (χ4v) is 1.76. The fourth-order valence-electron chi connectivity index (χ4n) is 1.76.